The van der Waals surface area contributed by atoms with E-state index in [1.807, 2.05) is 16.8 Å². The van der Waals surface area contributed by atoms with Gasteiger partial charge in [0, 0.05) is 25.5 Å². The van der Waals surface area contributed by atoms with Crippen LogP contribution in [-0.4, -0.2) is 28.0 Å². The molecule has 0 N–H and O–H groups in total. The first-order valence-corrected chi connectivity index (χ1v) is 7.52. The van der Waals surface area contributed by atoms with Gasteiger partial charge in [-0.25, -0.2) is 9.37 Å². The van der Waals surface area contributed by atoms with Gasteiger partial charge < -0.3 is 4.74 Å². The lowest BCUT2D eigenvalue weighted by Gasteiger charge is -2.04. The zero-order valence-corrected chi connectivity index (χ0v) is 12.3. The molecule has 21 heavy (non-hydrogen) atoms. The van der Waals surface area contributed by atoms with Crippen molar-refractivity contribution >= 4 is 0 Å². The molecule has 1 aliphatic rings. The molecule has 5 heteroatoms. The minimum Gasteiger partial charge on any atom is -0.381 e. The maximum absolute atomic E-state index is 13.7. The first kappa shape index (κ1) is 14.2. The van der Waals surface area contributed by atoms with Crippen molar-refractivity contribution in [3.05, 3.63) is 47.3 Å². The van der Waals surface area contributed by atoms with Crippen LogP contribution in [0.4, 0.5) is 4.39 Å². The van der Waals surface area contributed by atoms with Crippen molar-refractivity contribution in [2.45, 2.75) is 38.6 Å². The van der Waals surface area contributed by atoms with Crippen LogP contribution in [0.25, 0.3) is 0 Å². The van der Waals surface area contributed by atoms with E-state index in [9.17, 15) is 4.39 Å². The van der Waals surface area contributed by atoms with Crippen molar-refractivity contribution in [2.24, 2.45) is 0 Å². The highest BCUT2D eigenvalue weighted by Crippen LogP contribution is 2.23. The van der Waals surface area contributed by atoms with Gasteiger partial charge in [-0.3, -0.25) is 4.68 Å². The lowest BCUT2D eigenvalue weighted by molar-refractivity contribution is 0.193. The molecule has 1 aliphatic heterocycles. The quantitative estimate of drug-likeness (QED) is 0.849. The Labute approximate surface area is 124 Å². The number of benzene rings is 1. The molecule has 0 amide bonds. The van der Waals surface area contributed by atoms with E-state index < -0.39 is 0 Å². The van der Waals surface area contributed by atoms with Crippen LogP contribution in [0.2, 0.25) is 0 Å². The summed E-state index contributed by atoms with van der Waals surface area (Å²) in [5, 5.41) is 4.58. The molecule has 3 rings (SSSR count). The van der Waals surface area contributed by atoms with Crippen molar-refractivity contribution in [1.29, 1.82) is 0 Å². The van der Waals surface area contributed by atoms with E-state index in [2.05, 4.69) is 17.0 Å². The molecule has 0 aliphatic carbocycles. The molecule has 0 bridgehead atoms. The summed E-state index contributed by atoms with van der Waals surface area (Å²) in [4.78, 5) is 4.66. The summed E-state index contributed by atoms with van der Waals surface area (Å²) in [5.74, 6) is 1.97. The molecule has 1 saturated heterocycles. The molecule has 0 saturated carbocycles. The Hall–Kier alpha value is -1.75. The number of aryl methyl sites for hydroxylation is 3. The largest absolute Gasteiger partial charge is 0.381 e. The van der Waals surface area contributed by atoms with Gasteiger partial charge in [0.1, 0.15) is 11.6 Å². The second-order valence-corrected chi connectivity index (χ2v) is 5.35. The van der Waals surface area contributed by atoms with Crippen molar-refractivity contribution < 1.29 is 9.13 Å². The lowest BCUT2D eigenvalue weighted by Crippen LogP contribution is -2.06. The predicted octanol–water partition coefficient (Wildman–Crippen LogP) is 2.73. The zero-order valence-electron chi connectivity index (χ0n) is 12.3. The Bertz CT molecular complexity index is 605. The maximum Gasteiger partial charge on any atom is 0.156 e. The van der Waals surface area contributed by atoms with E-state index in [4.69, 9.17) is 4.74 Å². The van der Waals surface area contributed by atoms with Crippen LogP contribution in [0, 0.1) is 5.82 Å². The van der Waals surface area contributed by atoms with E-state index in [1.54, 1.807) is 6.07 Å². The summed E-state index contributed by atoms with van der Waals surface area (Å²) in [6, 6.07) is 6.91. The first-order valence-electron chi connectivity index (χ1n) is 7.52. The van der Waals surface area contributed by atoms with Crippen LogP contribution in [0.5, 0.6) is 0 Å². The lowest BCUT2D eigenvalue weighted by atomic mass is 10.1. The molecular formula is C16H20FN3O. The smallest absolute Gasteiger partial charge is 0.156 e. The van der Waals surface area contributed by atoms with Gasteiger partial charge in [0.15, 0.2) is 5.82 Å². The third-order valence-corrected chi connectivity index (χ3v) is 3.93. The van der Waals surface area contributed by atoms with Gasteiger partial charge in [-0.05, 0) is 31.4 Å². The molecule has 0 spiro atoms. The molecule has 1 aromatic heterocycles. The third kappa shape index (κ3) is 3.13. The number of aromatic nitrogens is 3. The molecule has 0 radical (unpaired) electrons. The SMILES string of the molecule is CCn1nc([C@H]2CCOC2)nc1CCc1ccccc1F. The molecule has 4 nitrogen and oxygen atoms in total. The van der Waals surface area contributed by atoms with Crippen LogP contribution in [0.1, 0.15) is 36.5 Å². The highest BCUT2D eigenvalue weighted by atomic mass is 19.1. The zero-order chi connectivity index (χ0) is 14.7. The monoisotopic (exact) mass is 289 g/mol. The summed E-state index contributed by atoms with van der Waals surface area (Å²) in [5.41, 5.74) is 0.730. The predicted molar refractivity (Wildman–Crippen MR) is 77.7 cm³/mol. The average molecular weight is 289 g/mol. The number of hydrogen-bond donors (Lipinski definition) is 0. The molecule has 1 fully saturated rings. The van der Waals surface area contributed by atoms with Crippen LogP contribution < -0.4 is 0 Å². The van der Waals surface area contributed by atoms with Crippen LogP contribution in [0.15, 0.2) is 24.3 Å². The number of nitrogens with zero attached hydrogens (tertiary/aromatic N) is 3. The van der Waals surface area contributed by atoms with Crippen LogP contribution in [-0.2, 0) is 24.1 Å². The fraction of sp³-hybridized carbons (Fsp3) is 0.500. The Morgan fingerprint density at radius 3 is 2.90 bits per heavy atom. The van der Waals surface area contributed by atoms with E-state index in [0.717, 1.165) is 36.8 Å². The van der Waals surface area contributed by atoms with E-state index >= 15 is 0 Å². The van der Waals surface area contributed by atoms with E-state index in [-0.39, 0.29) is 5.82 Å². The molecule has 1 aromatic carbocycles. The van der Waals surface area contributed by atoms with Gasteiger partial charge in [0.2, 0.25) is 0 Å². The summed E-state index contributed by atoms with van der Waals surface area (Å²) in [7, 11) is 0. The fourth-order valence-corrected chi connectivity index (χ4v) is 2.69. The Kier molecular flexibility index (Phi) is 4.29. The number of hydrogen-bond acceptors (Lipinski definition) is 3. The second-order valence-electron chi connectivity index (χ2n) is 5.35. The topological polar surface area (TPSA) is 39.9 Å². The summed E-state index contributed by atoms with van der Waals surface area (Å²) in [6.07, 6.45) is 2.34. The average Bonchev–Trinajstić information content (AvgIpc) is 3.15. The first-order chi connectivity index (χ1) is 10.3. The van der Waals surface area contributed by atoms with Gasteiger partial charge in [0.25, 0.3) is 0 Å². The maximum atomic E-state index is 13.7. The van der Waals surface area contributed by atoms with Crippen LogP contribution in [0.3, 0.4) is 0 Å². The molecule has 2 heterocycles. The van der Waals surface area contributed by atoms with E-state index in [1.165, 1.54) is 6.07 Å². The van der Waals surface area contributed by atoms with E-state index in [0.29, 0.717) is 25.4 Å². The Morgan fingerprint density at radius 1 is 1.33 bits per heavy atom. The summed E-state index contributed by atoms with van der Waals surface area (Å²) >= 11 is 0. The highest BCUT2D eigenvalue weighted by Gasteiger charge is 2.23. The highest BCUT2D eigenvalue weighted by molar-refractivity contribution is 5.18. The molecule has 0 unspecified atom stereocenters. The second kappa shape index (κ2) is 6.35. The standard InChI is InChI=1S/C16H20FN3O/c1-2-20-15(8-7-12-5-3-4-6-14(12)17)18-16(19-20)13-9-10-21-11-13/h3-6,13H,2,7-11H2,1H3/t13-/m0/s1. The van der Waals surface area contributed by atoms with Gasteiger partial charge in [-0.2, -0.15) is 5.10 Å². The van der Waals surface area contributed by atoms with Gasteiger partial charge in [0.05, 0.1) is 6.61 Å². The number of ether oxygens (including phenoxy) is 1. The van der Waals surface area contributed by atoms with Gasteiger partial charge in [-0.1, -0.05) is 18.2 Å². The normalized spacial score (nSPS) is 18.3. The Balaban J connectivity index is 1.73. The van der Waals surface area contributed by atoms with Crippen molar-refractivity contribution in [3.8, 4) is 0 Å². The molecule has 2 aromatic rings. The minimum absolute atomic E-state index is 0.149. The summed E-state index contributed by atoms with van der Waals surface area (Å²) in [6.45, 7) is 4.33. The molecular weight excluding hydrogens is 269 g/mol. The van der Waals surface area contributed by atoms with Gasteiger partial charge in [-0.15, -0.1) is 0 Å². The third-order valence-electron chi connectivity index (χ3n) is 3.93. The number of rotatable bonds is 5. The number of halogens is 1. The molecule has 1 atom stereocenters. The summed E-state index contributed by atoms with van der Waals surface area (Å²) < 4.78 is 21.0. The van der Waals surface area contributed by atoms with Gasteiger partial charge >= 0.3 is 0 Å². The van der Waals surface area contributed by atoms with Crippen molar-refractivity contribution in [2.75, 3.05) is 13.2 Å². The minimum atomic E-state index is -0.149. The van der Waals surface area contributed by atoms with Crippen LogP contribution >= 0.6 is 0 Å². The fourth-order valence-electron chi connectivity index (χ4n) is 2.69. The Morgan fingerprint density at radius 2 is 2.19 bits per heavy atom. The van der Waals surface area contributed by atoms with Crippen molar-refractivity contribution in [3.63, 3.8) is 0 Å². The van der Waals surface area contributed by atoms with Crippen molar-refractivity contribution in [1.82, 2.24) is 14.8 Å². The molecule has 112 valence electrons.